The minimum absolute atomic E-state index is 0.0846. The summed E-state index contributed by atoms with van der Waals surface area (Å²) < 4.78 is 0. The lowest BCUT2D eigenvalue weighted by Gasteiger charge is -2.35. The Bertz CT molecular complexity index is 1140. The van der Waals surface area contributed by atoms with E-state index in [0.717, 1.165) is 43.3 Å². The minimum Gasteiger partial charge on any atom is -0.340 e. The predicted octanol–water partition coefficient (Wildman–Crippen LogP) is 4.01. The summed E-state index contributed by atoms with van der Waals surface area (Å²) in [7, 11) is 0. The minimum atomic E-state index is 0.0846. The Morgan fingerprint density at radius 2 is 1.62 bits per heavy atom. The molecule has 5 nitrogen and oxygen atoms in total. The van der Waals surface area contributed by atoms with Crippen molar-refractivity contribution in [2.75, 3.05) is 43.4 Å². The molecule has 2 amide bonds. The van der Waals surface area contributed by atoms with Gasteiger partial charge in [-0.3, -0.25) is 14.5 Å². The first-order valence-corrected chi connectivity index (χ1v) is 12.2. The van der Waals surface area contributed by atoms with Gasteiger partial charge in [-0.1, -0.05) is 54.6 Å². The molecule has 0 aliphatic carbocycles. The highest BCUT2D eigenvalue weighted by Crippen LogP contribution is 2.35. The monoisotopic (exact) mass is 445 g/mol. The number of rotatable bonds is 5. The lowest BCUT2D eigenvalue weighted by atomic mass is 10.0. The number of amides is 2. The maximum atomic E-state index is 12.9. The Morgan fingerprint density at radius 1 is 0.875 bits per heavy atom. The summed E-state index contributed by atoms with van der Waals surface area (Å²) in [5.74, 6) is 0.664. The third-order valence-corrected chi connectivity index (χ3v) is 7.40. The number of piperazine rings is 1. The van der Waals surface area contributed by atoms with Crippen LogP contribution in [0.15, 0.2) is 71.6 Å². The number of nitrogens with zero attached hydrogens (tertiary/aromatic N) is 3. The van der Waals surface area contributed by atoms with Gasteiger partial charge in [-0.2, -0.15) is 0 Å². The number of hydrogen-bond donors (Lipinski definition) is 0. The fourth-order valence-electron chi connectivity index (χ4n) is 4.59. The van der Waals surface area contributed by atoms with Gasteiger partial charge in [-0.25, -0.2) is 0 Å². The van der Waals surface area contributed by atoms with Gasteiger partial charge in [0.25, 0.3) is 0 Å². The number of carbonyl (C=O) groups excluding carboxylic acids is 2. The number of benzene rings is 3. The summed E-state index contributed by atoms with van der Waals surface area (Å²) >= 11 is 1.57. The Balaban J connectivity index is 1.15. The molecule has 0 aromatic heterocycles. The first-order chi connectivity index (χ1) is 15.7. The van der Waals surface area contributed by atoms with E-state index < -0.39 is 0 Å². The second-order valence-corrected chi connectivity index (χ2v) is 9.36. The summed E-state index contributed by atoms with van der Waals surface area (Å²) in [6.45, 7) is 4.58. The molecule has 3 aromatic carbocycles. The molecule has 0 radical (unpaired) electrons. The van der Waals surface area contributed by atoms with Crippen LogP contribution >= 0.6 is 11.8 Å². The number of anilines is 1. The number of hydrogen-bond acceptors (Lipinski definition) is 4. The van der Waals surface area contributed by atoms with Crippen molar-refractivity contribution < 1.29 is 9.59 Å². The van der Waals surface area contributed by atoms with Gasteiger partial charge in [0.15, 0.2) is 0 Å². The third-order valence-electron chi connectivity index (χ3n) is 6.36. The van der Waals surface area contributed by atoms with Crippen LogP contribution in [0.25, 0.3) is 10.8 Å². The van der Waals surface area contributed by atoms with Gasteiger partial charge >= 0.3 is 0 Å². The number of thioether (sulfide) groups is 1. The molecule has 6 heteroatoms. The molecule has 0 atom stereocenters. The molecule has 3 aromatic rings. The average molecular weight is 446 g/mol. The molecule has 2 aliphatic rings. The maximum Gasteiger partial charge on any atom is 0.237 e. The molecule has 0 saturated carbocycles. The molecule has 5 rings (SSSR count). The highest BCUT2D eigenvalue weighted by molar-refractivity contribution is 8.00. The normalized spacial score (nSPS) is 16.9. The van der Waals surface area contributed by atoms with Crippen molar-refractivity contribution in [2.24, 2.45) is 0 Å². The zero-order valence-electron chi connectivity index (χ0n) is 18.1. The molecule has 2 aliphatic heterocycles. The van der Waals surface area contributed by atoms with E-state index in [-0.39, 0.29) is 11.8 Å². The van der Waals surface area contributed by atoms with Crippen LogP contribution in [0, 0.1) is 0 Å². The molecule has 0 bridgehead atoms. The number of carbonyl (C=O) groups is 2. The van der Waals surface area contributed by atoms with E-state index >= 15 is 0 Å². The average Bonchev–Trinajstić information content (AvgIpc) is 2.84. The van der Waals surface area contributed by atoms with Crippen molar-refractivity contribution >= 4 is 40.0 Å². The molecule has 1 fully saturated rings. The molecule has 0 unspecified atom stereocenters. The smallest absolute Gasteiger partial charge is 0.237 e. The van der Waals surface area contributed by atoms with E-state index in [1.807, 2.05) is 29.2 Å². The molecule has 0 spiro atoms. The fraction of sp³-hybridized carbons (Fsp3) is 0.308. The second-order valence-electron chi connectivity index (χ2n) is 8.35. The van der Waals surface area contributed by atoms with E-state index in [4.69, 9.17) is 0 Å². The van der Waals surface area contributed by atoms with Gasteiger partial charge in [-0.15, -0.1) is 11.8 Å². The second kappa shape index (κ2) is 9.35. The summed E-state index contributed by atoms with van der Waals surface area (Å²) in [6, 6.07) is 22.9. The van der Waals surface area contributed by atoms with E-state index in [1.54, 1.807) is 16.7 Å². The van der Waals surface area contributed by atoms with E-state index in [0.29, 0.717) is 18.7 Å². The highest BCUT2D eigenvalue weighted by Gasteiger charge is 2.26. The van der Waals surface area contributed by atoms with Crippen molar-refractivity contribution in [3.63, 3.8) is 0 Å². The van der Waals surface area contributed by atoms with Crippen molar-refractivity contribution in [3.8, 4) is 0 Å². The van der Waals surface area contributed by atoms with Crippen molar-refractivity contribution in [1.29, 1.82) is 0 Å². The van der Waals surface area contributed by atoms with Crippen LogP contribution in [-0.4, -0.2) is 60.1 Å². The Labute approximate surface area is 193 Å². The van der Waals surface area contributed by atoms with Crippen molar-refractivity contribution in [2.45, 2.75) is 17.9 Å². The molecule has 32 heavy (non-hydrogen) atoms. The van der Waals surface area contributed by atoms with Crippen LogP contribution in [0.1, 0.15) is 12.0 Å². The topological polar surface area (TPSA) is 43.9 Å². The Morgan fingerprint density at radius 3 is 2.50 bits per heavy atom. The summed E-state index contributed by atoms with van der Waals surface area (Å²) in [6.07, 6.45) is 0.369. The molecular formula is C26H27N3O2S. The first kappa shape index (κ1) is 21.0. The van der Waals surface area contributed by atoms with Gasteiger partial charge in [0.1, 0.15) is 0 Å². The Hall–Kier alpha value is -2.83. The largest absolute Gasteiger partial charge is 0.340 e. The van der Waals surface area contributed by atoms with Crippen molar-refractivity contribution in [3.05, 3.63) is 72.3 Å². The van der Waals surface area contributed by atoms with E-state index in [2.05, 4.69) is 47.4 Å². The van der Waals surface area contributed by atoms with Crippen LogP contribution < -0.4 is 4.90 Å². The zero-order chi connectivity index (χ0) is 21.9. The lowest BCUT2D eigenvalue weighted by molar-refractivity contribution is -0.132. The molecule has 1 saturated heterocycles. The lowest BCUT2D eigenvalue weighted by Crippen LogP contribution is -2.49. The van der Waals surface area contributed by atoms with Gasteiger partial charge in [-0.05, 0) is 28.5 Å². The summed E-state index contributed by atoms with van der Waals surface area (Å²) in [5, 5.41) is 2.57. The third kappa shape index (κ3) is 4.38. The van der Waals surface area contributed by atoms with Gasteiger partial charge < -0.3 is 9.80 Å². The quantitative estimate of drug-likeness (QED) is 0.595. The SMILES string of the molecule is O=C(CCN1C(=O)CSc2ccccc21)N1CCN(Cc2cccc3ccccc23)CC1. The van der Waals surface area contributed by atoms with E-state index in [9.17, 15) is 9.59 Å². The standard InChI is InChI=1S/C26H27N3O2S/c30-25(12-13-29-23-10-3-4-11-24(23)32-19-26(29)31)28-16-14-27(15-17-28)18-21-8-5-7-20-6-1-2-9-22(20)21/h1-11H,12-19H2. The summed E-state index contributed by atoms with van der Waals surface area (Å²) in [5.41, 5.74) is 2.27. The molecular weight excluding hydrogens is 418 g/mol. The van der Waals surface area contributed by atoms with Crippen LogP contribution in [-0.2, 0) is 16.1 Å². The highest BCUT2D eigenvalue weighted by atomic mass is 32.2. The molecule has 0 N–H and O–H groups in total. The van der Waals surface area contributed by atoms with Crippen molar-refractivity contribution in [1.82, 2.24) is 9.80 Å². The molecule has 2 heterocycles. The maximum absolute atomic E-state index is 12.9. The van der Waals surface area contributed by atoms with E-state index in [1.165, 1.54) is 16.3 Å². The van der Waals surface area contributed by atoms with Crippen LogP contribution in [0.3, 0.4) is 0 Å². The van der Waals surface area contributed by atoms with Gasteiger partial charge in [0.2, 0.25) is 11.8 Å². The van der Waals surface area contributed by atoms with Gasteiger partial charge in [0.05, 0.1) is 11.4 Å². The molecule has 164 valence electrons. The Kier molecular flexibility index (Phi) is 6.14. The number of fused-ring (bicyclic) bond motifs is 2. The van der Waals surface area contributed by atoms with Crippen LogP contribution in [0.4, 0.5) is 5.69 Å². The number of para-hydroxylation sites is 1. The van der Waals surface area contributed by atoms with Gasteiger partial charge in [0, 0.05) is 50.6 Å². The fourth-order valence-corrected chi connectivity index (χ4v) is 5.53. The first-order valence-electron chi connectivity index (χ1n) is 11.2. The van der Waals surface area contributed by atoms with Crippen LogP contribution in [0.5, 0.6) is 0 Å². The predicted molar refractivity (Wildman–Crippen MR) is 130 cm³/mol. The summed E-state index contributed by atoms with van der Waals surface area (Å²) in [4.78, 5) is 32.6. The van der Waals surface area contributed by atoms with Crippen LogP contribution in [0.2, 0.25) is 0 Å². The zero-order valence-corrected chi connectivity index (χ0v) is 18.9.